The first-order valence-electron chi connectivity index (χ1n) is 4.93. The molecule has 0 bridgehead atoms. The van der Waals surface area contributed by atoms with E-state index in [-0.39, 0.29) is 18.2 Å². The minimum Gasteiger partial charge on any atom is -0.440 e. The second-order valence-corrected chi connectivity index (χ2v) is 3.55. The van der Waals surface area contributed by atoms with Gasteiger partial charge < -0.3 is 10.1 Å². The number of ether oxygens (including phenoxy) is 1. The van der Waals surface area contributed by atoms with Crippen molar-refractivity contribution in [3.05, 3.63) is 48.6 Å². The minimum absolute atomic E-state index is 0.00241. The molecule has 2 atom stereocenters. The van der Waals surface area contributed by atoms with Gasteiger partial charge in [-0.1, -0.05) is 36.9 Å². The summed E-state index contributed by atoms with van der Waals surface area (Å²) in [5.41, 5.74) is 1.18. The van der Waals surface area contributed by atoms with Crippen LogP contribution in [0, 0.1) is 0 Å². The molecule has 1 amide bonds. The fraction of sp³-hybridized carbons (Fsp3) is 0.250. The molecular formula is C12H13NO2. The van der Waals surface area contributed by atoms with E-state index in [1.54, 1.807) is 6.08 Å². The summed E-state index contributed by atoms with van der Waals surface area (Å²) in [7, 11) is 0. The Kier molecular flexibility index (Phi) is 2.72. The van der Waals surface area contributed by atoms with Crippen LogP contribution >= 0.6 is 0 Å². The van der Waals surface area contributed by atoms with Crippen LogP contribution < -0.4 is 5.32 Å². The molecule has 0 aromatic heterocycles. The fourth-order valence-electron chi connectivity index (χ4n) is 1.72. The van der Waals surface area contributed by atoms with Gasteiger partial charge in [-0.2, -0.15) is 0 Å². The summed E-state index contributed by atoms with van der Waals surface area (Å²) < 4.78 is 5.03. The van der Waals surface area contributed by atoms with Crippen LogP contribution in [0.2, 0.25) is 0 Å². The van der Waals surface area contributed by atoms with E-state index in [1.165, 1.54) is 5.56 Å². The molecule has 1 saturated heterocycles. The lowest BCUT2D eigenvalue weighted by Gasteiger charge is -2.12. The van der Waals surface area contributed by atoms with E-state index in [4.69, 9.17) is 4.74 Å². The highest BCUT2D eigenvalue weighted by Crippen LogP contribution is 2.14. The van der Waals surface area contributed by atoms with Gasteiger partial charge in [-0.05, 0) is 18.1 Å². The molecule has 78 valence electrons. The normalized spacial score (nSPS) is 24.4. The van der Waals surface area contributed by atoms with Crippen LogP contribution in [0.15, 0.2) is 43.0 Å². The van der Waals surface area contributed by atoms with Gasteiger partial charge in [0.2, 0.25) is 0 Å². The van der Waals surface area contributed by atoms with Gasteiger partial charge in [0.05, 0.1) is 6.04 Å². The van der Waals surface area contributed by atoms with E-state index >= 15 is 0 Å². The number of benzene rings is 1. The van der Waals surface area contributed by atoms with Crippen molar-refractivity contribution in [1.82, 2.24) is 5.32 Å². The highest BCUT2D eigenvalue weighted by atomic mass is 16.6. The Morgan fingerprint density at radius 3 is 2.80 bits per heavy atom. The Morgan fingerprint density at radius 1 is 1.40 bits per heavy atom. The van der Waals surface area contributed by atoms with Crippen LogP contribution in [-0.2, 0) is 11.2 Å². The summed E-state index contributed by atoms with van der Waals surface area (Å²) in [6.07, 6.45) is 1.84. The van der Waals surface area contributed by atoms with Crippen LogP contribution in [0.5, 0.6) is 0 Å². The first kappa shape index (κ1) is 9.77. The Labute approximate surface area is 88.8 Å². The zero-order valence-electron chi connectivity index (χ0n) is 8.35. The molecule has 3 nitrogen and oxygen atoms in total. The molecular weight excluding hydrogens is 190 g/mol. The van der Waals surface area contributed by atoms with E-state index < -0.39 is 0 Å². The number of carbonyl (C=O) groups is 1. The largest absolute Gasteiger partial charge is 0.440 e. The maximum atomic E-state index is 11.0. The summed E-state index contributed by atoms with van der Waals surface area (Å²) in [5.74, 6) is 0. The number of hydrogen-bond donors (Lipinski definition) is 1. The molecule has 0 aliphatic carbocycles. The quantitative estimate of drug-likeness (QED) is 0.762. The molecule has 1 aromatic rings. The van der Waals surface area contributed by atoms with Gasteiger partial charge in [0.1, 0.15) is 6.10 Å². The van der Waals surface area contributed by atoms with Crippen molar-refractivity contribution >= 4 is 6.09 Å². The molecule has 3 heteroatoms. The topological polar surface area (TPSA) is 38.3 Å². The molecule has 2 rings (SSSR count). The molecule has 2 unspecified atom stereocenters. The third-order valence-electron chi connectivity index (χ3n) is 2.47. The van der Waals surface area contributed by atoms with Gasteiger partial charge >= 0.3 is 6.09 Å². The van der Waals surface area contributed by atoms with Crippen molar-refractivity contribution < 1.29 is 9.53 Å². The van der Waals surface area contributed by atoms with Gasteiger partial charge in [-0.3, -0.25) is 0 Å². The molecule has 0 radical (unpaired) electrons. The fourth-order valence-corrected chi connectivity index (χ4v) is 1.72. The molecule has 1 heterocycles. The predicted octanol–water partition coefficient (Wildman–Crippen LogP) is 1.89. The Bertz CT molecular complexity index is 361. The molecule has 1 fully saturated rings. The highest BCUT2D eigenvalue weighted by Gasteiger charge is 2.31. The van der Waals surface area contributed by atoms with Crippen LogP contribution in [0.1, 0.15) is 5.56 Å². The van der Waals surface area contributed by atoms with Gasteiger partial charge in [0.15, 0.2) is 0 Å². The van der Waals surface area contributed by atoms with E-state index in [1.807, 2.05) is 30.3 Å². The number of alkyl carbamates (subject to hydrolysis) is 1. The van der Waals surface area contributed by atoms with Crippen molar-refractivity contribution in [2.75, 3.05) is 0 Å². The summed E-state index contributed by atoms with van der Waals surface area (Å²) in [6.45, 7) is 3.65. The predicted molar refractivity (Wildman–Crippen MR) is 57.5 cm³/mol. The SMILES string of the molecule is C=CC1OC(=O)NC1Cc1ccccc1. The number of rotatable bonds is 3. The molecule has 0 saturated carbocycles. The summed E-state index contributed by atoms with van der Waals surface area (Å²) in [4.78, 5) is 11.0. The van der Waals surface area contributed by atoms with Gasteiger partial charge in [-0.25, -0.2) is 4.79 Å². The maximum absolute atomic E-state index is 11.0. The lowest BCUT2D eigenvalue weighted by atomic mass is 10.0. The number of carbonyl (C=O) groups excluding carboxylic acids is 1. The number of nitrogens with one attached hydrogen (secondary N) is 1. The minimum atomic E-state index is -0.360. The van der Waals surface area contributed by atoms with Gasteiger partial charge in [-0.15, -0.1) is 0 Å². The highest BCUT2D eigenvalue weighted by molar-refractivity contribution is 5.70. The first-order chi connectivity index (χ1) is 7.29. The lowest BCUT2D eigenvalue weighted by Crippen LogP contribution is -2.32. The van der Waals surface area contributed by atoms with Crippen LogP contribution in [0.4, 0.5) is 4.79 Å². The molecule has 0 spiro atoms. The molecule has 1 aromatic carbocycles. The Hall–Kier alpha value is -1.77. The van der Waals surface area contributed by atoms with Crippen molar-refractivity contribution in [2.45, 2.75) is 18.6 Å². The molecule has 1 aliphatic heterocycles. The standard InChI is InChI=1S/C12H13NO2/c1-2-11-10(13-12(14)15-11)8-9-6-4-3-5-7-9/h2-7,10-11H,1,8H2,(H,13,14). The van der Waals surface area contributed by atoms with E-state index in [9.17, 15) is 4.79 Å². The third-order valence-corrected chi connectivity index (χ3v) is 2.47. The van der Waals surface area contributed by atoms with Gasteiger partial charge in [0, 0.05) is 0 Å². The summed E-state index contributed by atoms with van der Waals surface area (Å²) >= 11 is 0. The van der Waals surface area contributed by atoms with E-state index in [0.29, 0.717) is 0 Å². The maximum Gasteiger partial charge on any atom is 0.408 e. The Balaban J connectivity index is 2.06. The average Bonchev–Trinajstić information content (AvgIpc) is 2.60. The van der Waals surface area contributed by atoms with Gasteiger partial charge in [0.25, 0.3) is 0 Å². The second-order valence-electron chi connectivity index (χ2n) is 3.55. The summed E-state index contributed by atoms with van der Waals surface area (Å²) in [5, 5.41) is 2.77. The van der Waals surface area contributed by atoms with E-state index in [0.717, 1.165) is 6.42 Å². The van der Waals surface area contributed by atoms with Crippen LogP contribution in [0.25, 0.3) is 0 Å². The second kappa shape index (κ2) is 4.17. The van der Waals surface area contributed by atoms with Crippen molar-refractivity contribution in [3.63, 3.8) is 0 Å². The average molecular weight is 203 g/mol. The van der Waals surface area contributed by atoms with Crippen molar-refractivity contribution in [3.8, 4) is 0 Å². The summed E-state index contributed by atoms with van der Waals surface area (Å²) in [6, 6.07) is 10.00. The molecule has 15 heavy (non-hydrogen) atoms. The van der Waals surface area contributed by atoms with Crippen molar-refractivity contribution in [2.24, 2.45) is 0 Å². The number of cyclic esters (lactones) is 1. The van der Waals surface area contributed by atoms with Crippen molar-refractivity contribution in [1.29, 1.82) is 0 Å². The number of amides is 1. The monoisotopic (exact) mass is 203 g/mol. The Morgan fingerprint density at radius 2 is 2.13 bits per heavy atom. The van der Waals surface area contributed by atoms with Crippen LogP contribution in [0.3, 0.4) is 0 Å². The van der Waals surface area contributed by atoms with Crippen LogP contribution in [-0.4, -0.2) is 18.2 Å². The number of hydrogen-bond acceptors (Lipinski definition) is 2. The first-order valence-corrected chi connectivity index (χ1v) is 4.93. The molecule has 1 aliphatic rings. The zero-order valence-corrected chi connectivity index (χ0v) is 8.35. The smallest absolute Gasteiger partial charge is 0.408 e. The van der Waals surface area contributed by atoms with E-state index in [2.05, 4.69) is 11.9 Å². The lowest BCUT2D eigenvalue weighted by molar-refractivity contribution is 0.153. The molecule has 1 N–H and O–H groups in total. The zero-order chi connectivity index (χ0) is 10.7. The third kappa shape index (κ3) is 2.18.